The van der Waals surface area contributed by atoms with Gasteiger partial charge in [-0.1, -0.05) is 6.07 Å². The molecule has 7 heteroatoms. The summed E-state index contributed by atoms with van der Waals surface area (Å²) in [7, 11) is 1.52. The van der Waals surface area contributed by atoms with E-state index in [4.69, 9.17) is 4.74 Å². The number of imidazole rings is 1. The number of nitrogens with zero attached hydrogens (tertiary/aromatic N) is 2. The monoisotopic (exact) mass is 347 g/mol. The van der Waals surface area contributed by atoms with Crippen LogP contribution in [0.5, 0.6) is 5.75 Å². The number of carbonyl (C=O) groups is 1. The Balaban J connectivity index is 1.77. The molecular formula is C19H17N5O2. The molecule has 1 aromatic heterocycles. The highest BCUT2D eigenvalue weighted by Gasteiger charge is 2.12. The number of aromatic amines is 1. The van der Waals surface area contributed by atoms with Crippen molar-refractivity contribution >= 4 is 28.3 Å². The number of H-pyrrole nitrogens is 1. The molecule has 0 fully saturated rings. The Kier molecular flexibility index (Phi) is 4.85. The zero-order valence-electron chi connectivity index (χ0n) is 14.3. The maximum Gasteiger partial charge on any atom is 0.267 e. The predicted octanol–water partition coefficient (Wildman–Crippen LogP) is 3.34. The number of nitrogens with one attached hydrogen (secondary N) is 3. The average Bonchev–Trinajstić information content (AvgIpc) is 3.10. The van der Waals surface area contributed by atoms with Crippen molar-refractivity contribution in [3.63, 3.8) is 0 Å². The van der Waals surface area contributed by atoms with Crippen molar-refractivity contribution in [2.75, 3.05) is 17.7 Å². The third-order valence-corrected chi connectivity index (χ3v) is 3.77. The Morgan fingerprint density at radius 2 is 2.15 bits per heavy atom. The molecule has 0 saturated carbocycles. The fourth-order valence-corrected chi connectivity index (χ4v) is 2.44. The molecule has 3 rings (SSSR count). The minimum absolute atomic E-state index is 0.0572. The molecular weight excluding hydrogens is 330 g/mol. The molecule has 0 radical (unpaired) electrons. The van der Waals surface area contributed by atoms with Crippen LogP contribution in [0.25, 0.3) is 11.0 Å². The van der Waals surface area contributed by atoms with Crippen molar-refractivity contribution in [1.29, 1.82) is 5.26 Å². The SMILES string of the molecule is COc1ccc(C)cc1NC(=O)/C(C#N)=C\Nc1ccc2nc[nH]c2c1. The summed E-state index contributed by atoms with van der Waals surface area (Å²) in [5.41, 5.74) is 3.85. The van der Waals surface area contributed by atoms with E-state index in [0.717, 1.165) is 22.3 Å². The molecule has 0 aliphatic carbocycles. The fourth-order valence-electron chi connectivity index (χ4n) is 2.44. The number of hydrogen-bond donors (Lipinski definition) is 3. The molecule has 1 amide bonds. The molecule has 7 nitrogen and oxygen atoms in total. The summed E-state index contributed by atoms with van der Waals surface area (Å²) in [4.78, 5) is 19.5. The number of carbonyl (C=O) groups excluding carboxylic acids is 1. The van der Waals surface area contributed by atoms with E-state index >= 15 is 0 Å². The van der Waals surface area contributed by atoms with E-state index in [-0.39, 0.29) is 5.57 Å². The normalized spacial score (nSPS) is 11.0. The fraction of sp³-hybridized carbons (Fsp3) is 0.105. The summed E-state index contributed by atoms with van der Waals surface area (Å²) in [6.07, 6.45) is 2.98. The zero-order chi connectivity index (χ0) is 18.5. The van der Waals surface area contributed by atoms with Gasteiger partial charge in [0.05, 0.1) is 30.2 Å². The number of hydrogen-bond acceptors (Lipinski definition) is 5. The van der Waals surface area contributed by atoms with Crippen LogP contribution in [0.1, 0.15) is 5.56 Å². The molecule has 0 atom stereocenters. The average molecular weight is 347 g/mol. The summed E-state index contributed by atoms with van der Waals surface area (Å²) in [6.45, 7) is 1.91. The van der Waals surface area contributed by atoms with Crippen molar-refractivity contribution in [2.45, 2.75) is 6.92 Å². The van der Waals surface area contributed by atoms with Gasteiger partial charge in [0.15, 0.2) is 0 Å². The number of nitriles is 1. The number of methoxy groups -OCH3 is 1. The Hall–Kier alpha value is -3.79. The number of anilines is 2. The van der Waals surface area contributed by atoms with Crippen molar-refractivity contribution in [2.24, 2.45) is 0 Å². The number of rotatable bonds is 5. The highest BCUT2D eigenvalue weighted by molar-refractivity contribution is 6.07. The van der Waals surface area contributed by atoms with Crippen LogP contribution in [0.15, 0.2) is 54.5 Å². The smallest absolute Gasteiger partial charge is 0.267 e. The molecule has 26 heavy (non-hydrogen) atoms. The Labute approximate surface area is 150 Å². The summed E-state index contributed by atoms with van der Waals surface area (Å²) >= 11 is 0. The third kappa shape index (κ3) is 3.65. The lowest BCUT2D eigenvalue weighted by molar-refractivity contribution is -0.112. The van der Waals surface area contributed by atoms with Crippen LogP contribution in [0, 0.1) is 18.3 Å². The minimum Gasteiger partial charge on any atom is -0.495 e. The second-order valence-electron chi connectivity index (χ2n) is 5.61. The maximum absolute atomic E-state index is 12.4. The number of benzene rings is 2. The van der Waals surface area contributed by atoms with Crippen molar-refractivity contribution in [3.05, 3.63) is 60.1 Å². The number of fused-ring (bicyclic) bond motifs is 1. The number of amides is 1. The van der Waals surface area contributed by atoms with Crippen LogP contribution >= 0.6 is 0 Å². The van der Waals surface area contributed by atoms with Gasteiger partial charge in [0.2, 0.25) is 0 Å². The first-order chi connectivity index (χ1) is 12.6. The van der Waals surface area contributed by atoms with Gasteiger partial charge in [-0.15, -0.1) is 0 Å². The van der Waals surface area contributed by atoms with E-state index in [1.54, 1.807) is 18.5 Å². The van der Waals surface area contributed by atoms with Gasteiger partial charge in [-0.05, 0) is 42.8 Å². The van der Waals surface area contributed by atoms with Gasteiger partial charge in [-0.2, -0.15) is 5.26 Å². The van der Waals surface area contributed by atoms with Gasteiger partial charge in [0.1, 0.15) is 17.4 Å². The quantitative estimate of drug-likeness (QED) is 0.485. The van der Waals surface area contributed by atoms with Crippen molar-refractivity contribution in [1.82, 2.24) is 9.97 Å². The van der Waals surface area contributed by atoms with Gasteiger partial charge in [0.25, 0.3) is 5.91 Å². The van der Waals surface area contributed by atoms with E-state index in [0.29, 0.717) is 11.4 Å². The van der Waals surface area contributed by atoms with Gasteiger partial charge in [0, 0.05) is 11.9 Å². The van der Waals surface area contributed by atoms with Crippen molar-refractivity contribution < 1.29 is 9.53 Å². The highest BCUT2D eigenvalue weighted by Crippen LogP contribution is 2.25. The Morgan fingerprint density at radius 1 is 1.31 bits per heavy atom. The molecule has 0 spiro atoms. The van der Waals surface area contributed by atoms with Crippen LogP contribution in [-0.2, 0) is 4.79 Å². The third-order valence-electron chi connectivity index (χ3n) is 3.77. The molecule has 0 saturated heterocycles. The number of ether oxygens (including phenoxy) is 1. The molecule has 130 valence electrons. The van der Waals surface area contributed by atoms with E-state index < -0.39 is 5.91 Å². The van der Waals surface area contributed by atoms with Crippen LogP contribution in [0.4, 0.5) is 11.4 Å². The van der Waals surface area contributed by atoms with Crippen molar-refractivity contribution in [3.8, 4) is 11.8 Å². The molecule has 2 aromatic carbocycles. The second-order valence-corrected chi connectivity index (χ2v) is 5.61. The molecule has 0 bridgehead atoms. The minimum atomic E-state index is -0.522. The van der Waals surface area contributed by atoms with E-state index in [9.17, 15) is 10.1 Å². The van der Waals surface area contributed by atoms with E-state index in [2.05, 4.69) is 20.6 Å². The molecule has 0 aliphatic rings. The van der Waals surface area contributed by atoms with Crippen LogP contribution < -0.4 is 15.4 Å². The lowest BCUT2D eigenvalue weighted by Gasteiger charge is -2.10. The molecule has 0 unspecified atom stereocenters. The second kappa shape index (κ2) is 7.40. The van der Waals surface area contributed by atoms with Crippen LogP contribution in [-0.4, -0.2) is 23.0 Å². The summed E-state index contributed by atoms with van der Waals surface area (Å²) in [5, 5.41) is 15.0. The number of aryl methyl sites for hydroxylation is 1. The molecule has 3 N–H and O–H groups in total. The maximum atomic E-state index is 12.4. The van der Waals surface area contributed by atoms with Crippen LogP contribution in [0.3, 0.4) is 0 Å². The standard InChI is InChI=1S/C19H17N5O2/c1-12-3-6-18(26-2)17(7-12)24-19(25)13(9-20)10-21-14-4-5-15-16(8-14)23-11-22-15/h3-8,10-11,21H,1-2H3,(H,22,23)(H,24,25)/b13-10-. The van der Waals surface area contributed by atoms with E-state index in [1.165, 1.54) is 13.3 Å². The van der Waals surface area contributed by atoms with Gasteiger partial charge in [-0.25, -0.2) is 4.98 Å². The Morgan fingerprint density at radius 3 is 2.92 bits per heavy atom. The first kappa shape index (κ1) is 17.0. The number of aromatic nitrogens is 2. The first-order valence-electron chi connectivity index (χ1n) is 7.86. The van der Waals surface area contributed by atoms with E-state index in [1.807, 2.05) is 37.3 Å². The Bertz CT molecular complexity index is 1030. The first-order valence-corrected chi connectivity index (χ1v) is 7.86. The summed E-state index contributed by atoms with van der Waals surface area (Å²) in [5.74, 6) is 0.00501. The highest BCUT2D eigenvalue weighted by atomic mass is 16.5. The summed E-state index contributed by atoms with van der Waals surface area (Å²) < 4.78 is 5.24. The lowest BCUT2D eigenvalue weighted by atomic mass is 10.2. The lowest BCUT2D eigenvalue weighted by Crippen LogP contribution is -2.15. The predicted molar refractivity (Wildman–Crippen MR) is 99.8 cm³/mol. The zero-order valence-corrected chi connectivity index (χ0v) is 14.3. The topological polar surface area (TPSA) is 103 Å². The summed E-state index contributed by atoms with van der Waals surface area (Å²) in [6, 6.07) is 12.8. The molecule has 3 aromatic rings. The van der Waals surface area contributed by atoms with Gasteiger partial charge >= 0.3 is 0 Å². The largest absolute Gasteiger partial charge is 0.495 e. The van der Waals surface area contributed by atoms with Gasteiger partial charge < -0.3 is 20.4 Å². The molecule has 0 aliphatic heterocycles. The molecule has 1 heterocycles. The van der Waals surface area contributed by atoms with Gasteiger partial charge in [-0.3, -0.25) is 4.79 Å². The van der Waals surface area contributed by atoms with Crippen LogP contribution in [0.2, 0.25) is 0 Å².